The Balaban J connectivity index is 2.08. The SMILES string of the molecule is CCc1ccc(N/C=C(/C#N)C(=O)Nc2cccc(C(C)=O)c2)cc1. The monoisotopic (exact) mass is 333 g/mol. The molecule has 0 fully saturated rings. The van der Waals surface area contributed by atoms with E-state index in [1.807, 2.05) is 30.3 Å². The summed E-state index contributed by atoms with van der Waals surface area (Å²) in [5.41, 5.74) is 2.89. The fourth-order valence-corrected chi connectivity index (χ4v) is 2.16. The van der Waals surface area contributed by atoms with Crippen LogP contribution in [0.25, 0.3) is 0 Å². The van der Waals surface area contributed by atoms with Gasteiger partial charge in [0.05, 0.1) is 0 Å². The Morgan fingerprint density at radius 2 is 1.84 bits per heavy atom. The third-order valence-electron chi connectivity index (χ3n) is 3.64. The van der Waals surface area contributed by atoms with Gasteiger partial charge in [-0.2, -0.15) is 5.26 Å². The molecule has 126 valence electrons. The van der Waals surface area contributed by atoms with Crippen LogP contribution in [0.15, 0.2) is 60.3 Å². The van der Waals surface area contributed by atoms with Crippen LogP contribution in [0.5, 0.6) is 0 Å². The Labute approximate surface area is 147 Å². The molecule has 2 aromatic carbocycles. The average molecular weight is 333 g/mol. The molecule has 0 aliphatic rings. The van der Waals surface area contributed by atoms with E-state index in [-0.39, 0.29) is 11.4 Å². The Bertz CT molecular complexity index is 846. The number of nitrogens with one attached hydrogen (secondary N) is 2. The molecule has 5 nitrogen and oxygen atoms in total. The summed E-state index contributed by atoms with van der Waals surface area (Å²) in [6, 6.07) is 16.2. The van der Waals surface area contributed by atoms with Gasteiger partial charge < -0.3 is 10.6 Å². The molecule has 0 radical (unpaired) electrons. The van der Waals surface area contributed by atoms with Gasteiger partial charge in [0.1, 0.15) is 11.6 Å². The molecule has 5 heteroatoms. The van der Waals surface area contributed by atoms with Gasteiger partial charge in [-0.05, 0) is 43.2 Å². The van der Waals surface area contributed by atoms with E-state index in [2.05, 4.69) is 17.6 Å². The van der Waals surface area contributed by atoms with E-state index < -0.39 is 5.91 Å². The Hall–Kier alpha value is -3.39. The number of carbonyl (C=O) groups excluding carboxylic acids is 2. The highest BCUT2D eigenvalue weighted by Crippen LogP contribution is 2.13. The van der Waals surface area contributed by atoms with Gasteiger partial charge in [-0.3, -0.25) is 9.59 Å². The van der Waals surface area contributed by atoms with Gasteiger partial charge in [0, 0.05) is 23.1 Å². The number of aryl methyl sites for hydroxylation is 1. The number of Topliss-reactive ketones (excluding diaryl/α,β-unsaturated/α-hetero) is 1. The fourth-order valence-electron chi connectivity index (χ4n) is 2.16. The van der Waals surface area contributed by atoms with E-state index >= 15 is 0 Å². The van der Waals surface area contributed by atoms with Crippen LogP contribution in [0.2, 0.25) is 0 Å². The zero-order valence-electron chi connectivity index (χ0n) is 14.2. The maximum absolute atomic E-state index is 12.2. The van der Waals surface area contributed by atoms with Crippen molar-refractivity contribution in [2.24, 2.45) is 0 Å². The molecule has 0 aliphatic carbocycles. The first-order valence-corrected chi connectivity index (χ1v) is 7.91. The van der Waals surface area contributed by atoms with E-state index in [1.165, 1.54) is 18.7 Å². The minimum Gasteiger partial charge on any atom is -0.360 e. The van der Waals surface area contributed by atoms with E-state index in [9.17, 15) is 14.9 Å². The zero-order valence-corrected chi connectivity index (χ0v) is 14.2. The van der Waals surface area contributed by atoms with Crippen molar-refractivity contribution in [3.8, 4) is 6.07 Å². The normalized spacial score (nSPS) is 10.7. The van der Waals surface area contributed by atoms with Crippen molar-refractivity contribution in [3.63, 3.8) is 0 Å². The zero-order chi connectivity index (χ0) is 18.2. The van der Waals surface area contributed by atoms with Gasteiger partial charge in [0.15, 0.2) is 5.78 Å². The first-order chi connectivity index (χ1) is 12.0. The molecule has 0 spiro atoms. The number of hydrogen-bond acceptors (Lipinski definition) is 4. The molecule has 2 aromatic rings. The maximum atomic E-state index is 12.2. The molecular formula is C20H19N3O2. The van der Waals surface area contributed by atoms with Crippen LogP contribution < -0.4 is 10.6 Å². The highest BCUT2D eigenvalue weighted by atomic mass is 16.1. The van der Waals surface area contributed by atoms with Crippen LogP contribution in [0, 0.1) is 11.3 Å². The first kappa shape index (κ1) is 18.0. The van der Waals surface area contributed by atoms with E-state index in [1.54, 1.807) is 24.3 Å². The molecule has 0 unspecified atom stereocenters. The molecule has 1 amide bonds. The van der Waals surface area contributed by atoms with Gasteiger partial charge in [-0.1, -0.05) is 31.2 Å². The molecular weight excluding hydrogens is 314 g/mol. The smallest absolute Gasteiger partial charge is 0.267 e. The van der Waals surface area contributed by atoms with Gasteiger partial charge in [-0.15, -0.1) is 0 Å². The van der Waals surface area contributed by atoms with Gasteiger partial charge in [0.2, 0.25) is 0 Å². The van der Waals surface area contributed by atoms with Crippen molar-refractivity contribution in [3.05, 3.63) is 71.4 Å². The number of rotatable bonds is 6. The summed E-state index contributed by atoms with van der Waals surface area (Å²) in [7, 11) is 0. The van der Waals surface area contributed by atoms with Gasteiger partial charge >= 0.3 is 0 Å². The van der Waals surface area contributed by atoms with Crippen molar-refractivity contribution in [1.82, 2.24) is 0 Å². The molecule has 2 rings (SSSR count). The summed E-state index contributed by atoms with van der Waals surface area (Å²) in [4.78, 5) is 23.6. The number of nitrogens with zero attached hydrogens (tertiary/aromatic N) is 1. The average Bonchev–Trinajstić information content (AvgIpc) is 2.63. The van der Waals surface area contributed by atoms with Crippen LogP contribution in [-0.4, -0.2) is 11.7 Å². The lowest BCUT2D eigenvalue weighted by atomic mass is 10.1. The third-order valence-corrected chi connectivity index (χ3v) is 3.64. The lowest BCUT2D eigenvalue weighted by Crippen LogP contribution is -2.14. The second-order valence-corrected chi connectivity index (χ2v) is 5.46. The summed E-state index contributed by atoms with van der Waals surface area (Å²) in [5, 5.41) is 14.8. The van der Waals surface area contributed by atoms with Crippen molar-refractivity contribution in [2.75, 3.05) is 10.6 Å². The summed E-state index contributed by atoms with van der Waals surface area (Å²) in [6.45, 7) is 3.52. The summed E-state index contributed by atoms with van der Waals surface area (Å²) in [5.74, 6) is -0.634. The van der Waals surface area contributed by atoms with Crippen LogP contribution >= 0.6 is 0 Å². The molecule has 25 heavy (non-hydrogen) atoms. The number of hydrogen-bond donors (Lipinski definition) is 2. The summed E-state index contributed by atoms with van der Waals surface area (Å²) in [6.07, 6.45) is 2.31. The number of anilines is 2. The van der Waals surface area contributed by atoms with E-state index in [0.717, 1.165) is 12.1 Å². The van der Waals surface area contributed by atoms with Crippen LogP contribution in [0.3, 0.4) is 0 Å². The summed E-state index contributed by atoms with van der Waals surface area (Å²) >= 11 is 0. The van der Waals surface area contributed by atoms with Crippen LogP contribution in [0.1, 0.15) is 29.8 Å². The number of nitriles is 1. The predicted molar refractivity (Wildman–Crippen MR) is 98.2 cm³/mol. The second kappa shape index (κ2) is 8.46. The number of benzene rings is 2. The molecule has 0 saturated carbocycles. The van der Waals surface area contributed by atoms with Crippen molar-refractivity contribution >= 4 is 23.1 Å². The second-order valence-electron chi connectivity index (χ2n) is 5.46. The highest BCUT2D eigenvalue weighted by Gasteiger charge is 2.10. The number of carbonyl (C=O) groups is 2. The first-order valence-electron chi connectivity index (χ1n) is 7.91. The molecule has 0 aliphatic heterocycles. The lowest BCUT2D eigenvalue weighted by molar-refractivity contribution is -0.112. The minimum absolute atomic E-state index is 0.0622. The van der Waals surface area contributed by atoms with Crippen molar-refractivity contribution < 1.29 is 9.59 Å². The molecule has 2 N–H and O–H groups in total. The largest absolute Gasteiger partial charge is 0.360 e. The summed E-state index contributed by atoms with van der Waals surface area (Å²) < 4.78 is 0. The number of amides is 1. The molecule has 0 saturated heterocycles. The Morgan fingerprint density at radius 3 is 2.44 bits per heavy atom. The quantitative estimate of drug-likeness (QED) is 0.477. The highest BCUT2D eigenvalue weighted by molar-refractivity contribution is 6.07. The molecule has 0 bridgehead atoms. The van der Waals surface area contributed by atoms with Crippen LogP contribution in [-0.2, 0) is 11.2 Å². The van der Waals surface area contributed by atoms with Crippen LogP contribution in [0.4, 0.5) is 11.4 Å². The van der Waals surface area contributed by atoms with Gasteiger partial charge in [0.25, 0.3) is 5.91 Å². The predicted octanol–water partition coefficient (Wildman–Crippen LogP) is 3.91. The topological polar surface area (TPSA) is 82.0 Å². The number of ketones is 1. The lowest BCUT2D eigenvalue weighted by Gasteiger charge is -2.06. The minimum atomic E-state index is -0.541. The Morgan fingerprint density at radius 1 is 1.12 bits per heavy atom. The fraction of sp³-hybridized carbons (Fsp3) is 0.150. The molecule has 0 heterocycles. The van der Waals surface area contributed by atoms with Crippen molar-refractivity contribution in [2.45, 2.75) is 20.3 Å². The maximum Gasteiger partial charge on any atom is 0.267 e. The van der Waals surface area contributed by atoms with E-state index in [4.69, 9.17) is 0 Å². The molecule has 0 aromatic heterocycles. The van der Waals surface area contributed by atoms with E-state index in [0.29, 0.717) is 11.3 Å². The third kappa shape index (κ3) is 5.05. The van der Waals surface area contributed by atoms with Gasteiger partial charge in [-0.25, -0.2) is 0 Å². The molecule has 0 atom stereocenters. The van der Waals surface area contributed by atoms with Crippen molar-refractivity contribution in [1.29, 1.82) is 5.26 Å². The standard InChI is InChI=1S/C20H19N3O2/c1-3-15-7-9-18(10-8-15)22-13-17(12-21)20(25)23-19-6-4-5-16(11-19)14(2)24/h4-11,13,22H,3H2,1-2H3,(H,23,25)/b17-13-. The Kier molecular flexibility index (Phi) is 6.08.